The molecule has 0 unspecified atom stereocenters. The fourth-order valence-corrected chi connectivity index (χ4v) is 1.60. The van der Waals surface area contributed by atoms with Gasteiger partial charge in [-0.15, -0.1) is 0 Å². The highest BCUT2D eigenvalue weighted by Gasteiger charge is 2.08. The number of benzene rings is 1. The minimum atomic E-state index is -0.483. The number of nitro groups is 1. The number of hydrogen-bond donors (Lipinski definition) is 2. The lowest BCUT2D eigenvalue weighted by molar-refractivity contribution is -0.384. The van der Waals surface area contributed by atoms with Gasteiger partial charge in [0.05, 0.1) is 4.92 Å². The highest BCUT2D eigenvalue weighted by molar-refractivity contribution is 5.61. The predicted molar refractivity (Wildman–Crippen MR) is 68.7 cm³/mol. The molecule has 0 bridgehead atoms. The summed E-state index contributed by atoms with van der Waals surface area (Å²) in [5.74, 6) is 1.10. The van der Waals surface area contributed by atoms with Gasteiger partial charge in [0, 0.05) is 36.5 Å². The Kier molecular flexibility index (Phi) is 3.60. The van der Waals surface area contributed by atoms with Crippen LogP contribution in [0.2, 0.25) is 0 Å². The Balaban J connectivity index is 1.97. The van der Waals surface area contributed by atoms with E-state index in [4.69, 9.17) is 10.3 Å². The second-order valence-corrected chi connectivity index (χ2v) is 3.98. The average Bonchev–Trinajstić information content (AvgIpc) is 2.74. The fraction of sp³-hybridized carbons (Fsp3) is 0.273. The lowest BCUT2D eigenvalue weighted by atomic mass is 10.2. The van der Waals surface area contributed by atoms with E-state index in [1.807, 2.05) is 0 Å². The molecule has 8 nitrogen and oxygen atoms in total. The lowest BCUT2D eigenvalue weighted by Gasteiger charge is -2.05. The van der Waals surface area contributed by atoms with Crippen LogP contribution in [0.25, 0.3) is 0 Å². The molecular weight excluding hydrogens is 250 g/mol. The Labute approximate surface area is 108 Å². The van der Waals surface area contributed by atoms with Crippen molar-refractivity contribution in [3.63, 3.8) is 0 Å². The zero-order chi connectivity index (χ0) is 13.8. The maximum atomic E-state index is 10.7. The van der Waals surface area contributed by atoms with Gasteiger partial charge in [0.25, 0.3) is 5.69 Å². The summed E-state index contributed by atoms with van der Waals surface area (Å²) in [5.41, 5.74) is 6.48. The molecule has 1 aromatic carbocycles. The van der Waals surface area contributed by atoms with Gasteiger partial charge in [0.1, 0.15) is 0 Å². The summed E-state index contributed by atoms with van der Waals surface area (Å²) >= 11 is 0. The molecule has 0 atom stereocenters. The summed E-state index contributed by atoms with van der Waals surface area (Å²) in [6, 6.07) is 4.37. The minimum Gasteiger partial charge on any atom is -0.398 e. The number of nitrogens with one attached hydrogen (secondary N) is 1. The zero-order valence-electron chi connectivity index (χ0n) is 10.3. The molecule has 1 aromatic heterocycles. The molecule has 0 aliphatic rings. The van der Waals surface area contributed by atoms with Gasteiger partial charge in [0.2, 0.25) is 5.89 Å². The van der Waals surface area contributed by atoms with E-state index in [9.17, 15) is 10.1 Å². The van der Waals surface area contributed by atoms with E-state index in [-0.39, 0.29) is 5.69 Å². The topological polar surface area (TPSA) is 120 Å². The van der Waals surface area contributed by atoms with Gasteiger partial charge in [-0.05, 0) is 13.0 Å². The van der Waals surface area contributed by atoms with Crippen LogP contribution >= 0.6 is 0 Å². The van der Waals surface area contributed by atoms with Crippen molar-refractivity contribution >= 4 is 17.1 Å². The molecule has 0 radical (unpaired) electrons. The Morgan fingerprint density at radius 2 is 2.26 bits per heavy atom. The van der Waals surface area contributed by atoms with Crippen molar-refractivity contribution < 1.29 is 9.45 Å². The number of rotatable bonds is 5. The molecule has 0 spiro atoms. The highest BCUT2D eigenvalue weighted by Crippen LogP contribution is 2.22. The van der Waals surface area contributed by atoms with E-state index in [0.29, 0.717) is 36.1 Å². The molecular formula is C11H13N5O3. The van der Waals surface area contributed by atoms with Gasteiger partial charge in [-0.3, -0.25) is 10.1 Å². The van der Waals surface area contributed by atoms with Gasteiger partial charge in [0.15, 0.2) is 5.82 Å². The Morgan fingerprint density at radius 3 is 2.89 bits per heavy atom. The summed E-state index contributed by atoms with van der Waals surface area (Å²) in [6.07, 6.45) is 0.531. The van der Waals surface area contributed by atoms with E-state index < -0.39 is 4.92 Å². The van der Waals surface area contributed by atoms with Gasteiger partial charge < -0.3 is 15.6 Å². The third kappa shape index (κ3) is 3.41. The summed E-state index contributed by atoms with van der Waals surface area (Å²) in [7, 11) is 0. The van der Waals surface area contributed by atoms with Gasteiger partial charge in [-0.2, -0.15) is 4.98 Å². The molecule has 2 aromatic rings. The van der Waals surface area contributed by atoms with E-state index in [0.717, 1.165) is 0 Å². The molecule has 100 valence electrons. The minimum absolute atomic E-state index is 0.0452. The summed E-state index contributed by atoms with van der Waals surface area (Å²) in [4.78, 5) is 14.3. The number of anilines is 2. The van der Waals surface area contributed by atoms with Crippen molar-refractivity contribution in [1.29, 1.82) is 0 Å². The fourth-order valence-electron chi connectivity index (χ4n) is 1.60. The van der Waals surface area contributed by atoms with Gasteiger partial charge >= 0.3 is 0 Å². The first-order valence-corrected chi connectivity index (χ1v) is 5.62. The first-order valence-electron chi connectivity index (χ1n) is 5.62. The molecule has 0 saturated heterocycles. The maximum Gasteiger partial charge on any atom is 0.273 e. The van der Waals surface area contributed by atoms with Crippen LogP contribution in [0.4, 0.5) is 17.1 Å². The standard InChI is InChI=1S/C11H13N5O3/c1-7-14-11(19-15-7)2-3-13-9-4-8(12)5-10(6-9)16(17)18/h4-6,13H,2-3,12H2,1H3. The second-order valence-electron chi connectivity index (χ2n) is 3.98. The maximum absolute atomic E-state index is 10.7. The second kappa shape index (κ2) is 5.34. The predicted octanol–water partition coefficient (Wildman–Crippen LogP) is 1.52. The molecule has 0 aliphatic heterocycles. The molecule has 0 fully saturated rings. The van der Waals surface area contributed by atoms with Crippen LogP contribution in [0.15, 0.2) is 22.7 Å². The summed E-state index contributed by atoms with van der Waals surface area (Å²) in [6.45, 7) is 2.25. The number of nitrogen functional groups attached to an aromatic ring is 1. The van der Waals surface area contributed by atoms with E-state index in [1.54, 1.807) is 13.0 Å². The first-order chi connectivity index (χ1) is 9.04. The normalized spacial score (nSPS) is 10.4. The van der Waals surface area contributed by atoms with Crippen LogP contribution in [0.5, 0.6) is 0 Å². The monoisotopic (exact) mass is 263 g/mol. The number of nitro benzene ring substituents is 1. The molecule has 0 aliphatic carbocycles. The molecule has 8 heteroatoms. The first kappa shape index (κ1) is 12.8. The SMILES string of the molecule is Cc1noc(CCNc2cc(N)cc([N+](=O)[O-])c2)n1. The van der Waals surface area contributed by atoms with E-state index in [2.05, 4.69) is 15.5 Å². The van der Waals surface area contributed by atoms with Crippen LogP contribution in [0.3, 0.4) is 0 Å². The molecule has 3 N–H and O–H groups in total. The molecule has 1 heterocycles. The van der Waals surface area contributed by atoms with E-state index in [1.165, 1.54) is 12.1 Å². The number of nitrogens with two attached hydrogens (primary N) is 1. The van der Waals surface area contributed by atoms with Crippen LogP contribution < -0.4 is 11.1 Å². The number of aryl methyl sites for hydroxylation is 1. The van der Waals surface area contributed by atoms with Crippen molar-refractivity contribution in [2.24, 2.45) is 0 Å². The Bertz CT molecular complexity index is 596. The molecule has 0 amide bonds. The Morgan fingerprint density at radius 1 is 1.47 bits per heavy atom. The van der Waals surface area contributed by atoms with Crippen LogP contribution in [-0.4, -0.2) is 21.6 Å². The van der Waals surface area contributed by atoms with Crippen molar-refractivity contribution in [3.8, 4) is 0 Å². The van der Waals surface area contributed by atoms with E-state index >= 15 is 0 Å². The van der Waals surface area contributed by atoms with Crippen molar-refractivity contribution in [1.82, 2.24) is 10.1 Å². The summed E-state index contributed by atoms with van der Waals surface area (Å²) in [5, 5.41) is 17.4. The summed E-state index contributed by atoms with van der Waals surface area (Å²) < 4.78 is 4.95. The van der Waals surface area contributed by atoms with Crippen molar-refractivity contribution in [2.75, 3.05) is 17.6 Å². The largest absolute Gasteiger partial charge is 0.398 e. The smallest absolute Gasteiger partial charge is 0.273 e. The van der Waals surface area contributed by atoms with Crippen molar-refractivity contribution in [2.45, 2.75) is 13.3 Å². The van der Waals surface area contributed by atoms with Gasteiger partial charge in [-0.25, -0.2) is 0 Å². The Hall–Kier alpha value is -2.64. The number of non-ortho nitro benzene ring substituents is 1. The number of nitrogens with zero attached hydrogens (tertiary/aromatic N) is 3. The van der Waals surface area contributed by atoms with Crippen LogP contribution in [-0.2, 0) is 6.42 Å². The third-order valence-corrected chi connectivity index (χ3v) is 2.39. The average molecular weight is 263 g/mol. The number of aromatic nitrogens is 2. The zero-order valence-corrected chi connectivity index (χ0v) is 10.3. The molecule has 19 heavy (non-hydrogen) atoms. The quantitative estimate of drug-likeness (QED) is 0.476. The lowest BCUT2D eigenvalue weighted by Crippen LogP contribution is -2.06. The molecule has 0 saturated carbocycles. The third-order valence-electron chi connectivity index (χ3n) is 2.39. The van der Waals surface area contributed by atoms with Crippen LogP contribution in [0.1, 0.15) is 11.7 Å². The van der Waals surface area contributed by atoms with Gasteiger partial charge in [-0.1, -0.05) is 5.16 Å². The molecule has 2 rings (SSSR count). The highest BCUT2D eigenvalue weighted by atomic mass is 16.6. The van der Waals surface area contributed by atoms with Crippen LogP contribution in [0, 0.1) is 17.0 Å². The number of hydrogen-bond acceptors (Lipinski definition) is 7. The van der Waals surface area contributed by atoms with Crippen molar-refractivity contribution in [3.05, 3.63) is 40.0 Å².